The molecule has 2 N–H and O–H groups in total. The molecule has 1 aromatic rings. The van der Waals surface area contributed by atoms with Gasteiger partial charge in [-0.2, -0.15) is 13.2 Å². The number of alkyl halides is 3. The maximum absolute atomic E-state index is 12.9. The van der Waals surface area contributed by atoms with E-state index in [-0.39, 0.29) is 18.2 Å². The van der Waals surface area contributed by atoms with E-state index in [0.29, 0.717) is 6.42 Å². The lowest BCUT2D eigenvalue weighted by Crippen LogP contribution is -2.32. The second-order valence-electron chi connectivity index (χ2n) is 4.59. The first kappa shape index (κ1) is 16.0. The average molecular weight is 275 g/mol. The summed E-state index contributed by atoms with van der Waals surface area (Å²) in [6.07, 6.45) is -3.04. The topological polar surface area (TPSA) is 32.3 Å². The number of nitrogens with one attached hydrogen (secondary N) is 1. The third kappa shape index (κ3) is 4.51. The molecule has 0 aliphatic carbocycles. The Bertz CT molecular complexity index is 393. The molecule has 0 saturated heterocycles. The largest absolute Gasteiger partial charge is 0.416 e. The van der Waals surface area contributed by atoms with Crippen molar-refractivity contribution >= 4 is 0 Å². The lowest BCUT2D eigenvalue weighted by atomic mass is 9.99. The zero-order valence-corrected chi connectivity index (χ0v) is 11.2. The maximum atomic E-state index is 12.9. The summed E-state index contributed by atoms with van der Waals surface area (Å²) in [5, 5.41) is 12.1. The molecule has 2 nitrogen and oxygen atoms in total. The van der Waals surface area contributed by atoms with E-state index in [1.807, 2.05) is 6.92 Å². The number of halogens is 3. The number of benzene rings is 1. The number of hydrogen-bond acceptors (Lipinski definition) is 2. The van der Waals surface area contributed by atoms with Gasteiger partial charge in [-0.15, -0.1) is 0 Å². The fourth-order valence-electron chi connectivity index (χ4n) is 2.14. The molecule has 0 fully saturated rings. The Morgan fingerprint density at radius 3 is 2.42 bits per heavy atom. The maximum Gasteiger partial charge on any atom is 0.416 e. The van der Waals surface area contributed by atoms with E-state index in [2.05, 4.69) is 5.32 Å². The van der Waals surface area contributed by atoms with Crippen LogP contribution in [0.15, 0.2) is 24.3 Å². The Morgan fingerprint density at radius 1 is 1.26 bits per heavy atom. The van der Waals surface area contributed by atoms with Crippen LogP contribution in [-0.2, 0) is 6.18 Å². The monoisotopic (exact) mass is 275 g/mol. The zero-order chi connectivity index (χ0) is 14.5. The van der Waals surface area contributed by atoms with Gasteiger partial charge >= 0.3 is 6.18 Å². The van der Waals surface area contributed by atoms with Crippen molar-refractivity contribution in [2.45, 2.75) is 44.9 Å². The van der Waals surface area contributed by atoms with E-state index < -0.39 is 17.8 Å². The number of aliphatic hydroxyl groups is 1. The van der Waals surface area contributed by atoms with Gasteiger partial charge in [-0.1, -0.05) is 25.1 Å². The van der Waals surface area contributed by atoms with Crippen LogP contribution < -0.4 is 5.32 Å². The van der Waals surface area contributed by atoms with Crippen molar-refractivity contribution in [1.29, 1.82) is 0 Å². The first-order valence-electron chi connectivity index (χ1n) is 6.43. The van der Waals surface area contributed by atoms with Crippen molar-refractivity contribution in [3.8, 4) is 0 Å². The Hall–Kier alpha value is -1.07. The molecule has 0 heterocycles. The molecule has 0 saturated carbocycles. The third-order valence-electron chi connectivity index (χ3n) is 3.19. The van der Waals surface area contributed by atoms with Crippen molar-refractivity contribution in [2.24, 2.45) is 0 Å². The third-order valence-corrected chi connectivity index (χ3v) is 3.19. The van der Waals surface area contributed by atoms with E-state index in [1.54, 1.807) is 13.0 Å². The van der Waals surface area contributed by atoms with E-state index >= 15 is 0 Å². The van der Waals surface area contributed by atoms with Gasteiger partial charge in [0.15, 0.2) is 0 Å². The normalized spacial score (nSPS) is 15.3. The molecular formula is C14H20F3NO. The molecule has 0 radical (unpaired) electrons. The molecule has 0 aliphatic heterocycles. The van der Waals surface area contributed by atoms with E-state index in [1.165, 1.54) is 12.1 Å². The lowest BCUT2D eigenvalue weighted by Gasteiger charge is -2.24. The molecule has 0 bridgehead atoms. The number of aliphatic hydroxyl groups excluding tert-OH is 1. The van der Waals surface area contributed by atoms with Crippen molar-refractivity contribution in [1.82, 2.24) is 5.32 Å². The second-order valence-corrected chi connectivity index (χ2v) is 4.59. The summed E-state index contributed by atoms with van der Waals surface area (Å²) in [6, 6.07) is 5.20. The second kappa shape index (κ2) is 6.91. The van der Waals surface area contributed by atoms with E-state index in [9.17, 15) is 13.2 Å². The first-order valence-corrected chi connectivity index (χ1v) is 6.43. The summed E-state index contributed by atoms with van der Waals surface area (Å²) in [6.45, 7) is 3.68. The number of rotatable bonds is 6. The molecule has 5 heteroatoms. The van der Waals surface area contributed by atoms with Gasteiger partial charge in [0, 0.05) is 18.7 Å². The van der Waals surface area contributed by atoms with Gasteiger partial charge in [0.25, 0.3) is 0 Å². The summed E-state index contributed by atoms with van der Waals surface area (Å²) < 4.78 is 38.7. The van der Waals surface area contributed by atoms with Crippen molar-refractivity contribution < 1.29 is 18.3 Å². The summed E-state index contributed by atoms with van der Waals surface area (Å²) in [5.74, 6) is 0. The Balaban J connectivity index is 2.90. The standard InChI is InChI=1S/C14H20F3NO/c1-3-11(8-9-19)18-10(2)12-6-4-5-7-13(12)14(15,16)17/h4-7,10-11,18-19H,3,8-9H2,1-2H3. The number of hydrogen-bond donors (Lipinski definition) is 2. The van der Waals surface area contributed by atoms with Crippen molar-refractivity contribution in [3.63, 3.8) is 0 Å². The smallest absolute Gasteiger partial charge is 0.396 e. The van der Waals surface area contributed by atoms with Crippen LogP contribution in [-0.4, -0.2) is 17.8 Å². The van der Waals surface area contributed by atoms with Crippen LogP contribution in [0.1, 0.15) is 43.9 Å². The highest BCUT2D eigenvalue weighted by atomic mass is 19.4. The highest BCUT2D eigenvalue weighted by molar-refractivity contribution is 5.32. The predicted octanol–water partition coefficient (Wildman–Crippen LogP) is 3.52. The van der Waals surface area contributed by atoms with Gasteiger partial charge in [-0.25, -0.2) is 0 Å². The molecular weight excluding hydrogens is 255 g/mol. The van der Waals surface area contributed by atoms with Gasteiger partial charge in [0.2, 0.25) is 0 Å². The Kier molecular flexibility index (Phi) is 5.82. The first-order chi connectivity index (χ1) is 8.90. The van der Waals surface area contributed by atoms with Gasteiger partial charge in [0.1, 0.15) is 0 Å². The minimum Gasteiger partial charge on any atom is -0.396 e. The molecule has 0 amide bonds. The van der Waals surface area contributed by atoms with E-state index in [0.717, 1.165) is 12.5 Å². The van der Waals surface area contributed by atoms with Crippen molar-refractivity contribution in [3.05, 3.63) is 35.4 Å². The van der Waals surface area contributed by atoms with Crippen LogP contribution in [0.5, 0.6) is 0 Å². The van der Waals surface area contributed by atoms with Crippen molar-refractivity contribution in [2.75, 3.05) is 6.61 Å². The fourth-order valence-corrected chi connectivity index (χ4v) is 2.14. The van der Waals surface area contributed by atoms with Crippen LogP contribution in [0.25, 0.3) is 0 Å². The van der Waals surface area contributed by atoms with E-state index in [4.69, 9.17) is 5.11 Å². The molecule has 19 heavy (non-hydrogen) atoms. The fraction of sp³-hybridized carbons (Fsp3) is 0.571. The average Bonchev–Trinajstić information content (AvgIpc) is 2.37. The molecule has 2 atom stereocenters. The van der Waals surface area contributed by atoms with Crippen LogP contribution in [0.2, 0.25) is 0 Å². The van der Waals surface area contributed by atoms with Crippen LogP contribution in [0, 0.1) is 0 Å². The minimum absolute atomic E-state index is 0.0151. The predicted molar refractivity (Wildman–Crippen MR) is 68.8 cm³/mol. The Labute approximate surface area is 111 Å². The molecule has 0 spiro atoms. The van der Waals surface area contributed by atoms with Gasteiger partial charge < -0.3 is 10.4 Å². The van der Waals surface area contributed by atoms with Gasteiger partial charge in [-0.05, 0) is 31.4 Å². The lowest BCUT2D eigenvalue weighted by molar-refractivity contribution is -0.138. The zero-order valence-electron chi connectivity index (χ0n) is 11.2. The molecule has 1 aromatic carbocycles. The quantitative estimate of drug-likeness (QED) is 0.832. The summed E-state index contributed by atoms with van der Waals surface area (Å²) in [7, 11) is 0. The van der Waals surface area contributed by atoms with Gasteiger partial charge in [0.05, 0.1) is 5.56 Å². The molecule has 0 aliphatic rings. The van der Waals surface area contributed by atoms with Gasteiger partial charge in [-0.3, -0.25) is 0 Å². The summed E-state index contributed by atoms with van der Waals surface area (Å²) >= 11 is 0. The van der Waals surface area contributed by atoms with Crippen LogP contribution in [0.3, 0.4) is 0 Å². The van der Waals surface area contributed by atoms with Crippen LogP contribution in [0.4, 0.5) is 13.2 Å². The Morgan fingerprint density at radius 2 is 1.89 bits per heavy atom. The summed E-state index contributed by atoms with van der Waals surface area (Å²) in [4.78, 5) is 0. The molecule has 2 unspecified atom stereocenters. The summed E-state index contributed by atoms with van der Waals surface area (Å²) in [5.41, 5.74) is -0.361. The minimum atomic E-state index is -4.34. The molecule has 0 aromatic heterocycles. The molecule has 108 valence electrons. The van der Waals surface area contributed by atoms with Crippen LogP contribution >= 0.6 is 0 Å². The molecule has 1 rings (SSSR count). The highest BCUT2D eigenvalue weighted by Crippen LogP contribution is 2.34. The SMILES string of the molecule is CCC(CCO)NC(C)c1ccccc1C(F)(F)F. The highest BCUT2D eigenvalue weighted by Gasteiger charge is 2.34.